The molecule has 4 rings (SSSR count). The lowest BCUT2D eigenvalue weighted by atomic mass is 10.1. The first-order chi connectivity index (χ1) is 15.4. The molecule has 32 heavy (non-hydrogen) atoms. The van der Waals surface area contributed by atoms with E-state index in [9.17, 15) is 14.4 Å². The molecule has 6 heteroatoms. The molecule has 0 fully saturated rings. The third-order valence-electron chi connectivity index (χ3n) is 5.49. The average molecular weight is 428 g/mol. The second kappa shape index (κ2) is 9.06. The van der Waals surface area contributed by atoms with Crippen molar-refractivity contribution in [2.75, 3.05) is 11.5 Å². The van der Waals surface area contributed by atoms with Crippen molar-refractivity contribution >= 4 is 23.3 Å². The minimum atomic E-state index is -0.203. The number of hydrogen-bond acceptors (Lipinski definition) is 4. The van der Waals surface area contributed by atoms with Crippen LogP contribution in [-0.2, 0) is 11.3 Å². The number of nitrogens with zero attached hydrogens (tertiary/aromatic N) is 1. The van der Waals surface area contributed by atoms with Crippen LogP contribution in [-0.4, -0.2) is 24.2 Å². The number of carbonyl (C=O) groups is 3. The van der Waals surface area contributed by atoms with Gasteiger partial charge in [-0.3, -0.25) is 14.4 Å². The molecule has 3 aromatic rings. The van der Waals surface area contributed by atoms with Gasteiger partial charge in [0.15, 0.2) is 12.4 Å². The van der Waals surface area contributed by atoms with Crippen molar-refractivity contribution in [1.82, 2.24) is 5.32 Å². The van der Waals surface area contributed by atoms with Gasteiger partial charge in [-0.1, -0.05) is 42.5 Å². The number of rotatable bonds is 6. The number of nitrogens with one attached hydrogen (secondary N) is 1. The van der Waals surface area contributed by atoms with E-state index >= 15 is 0 Å². The summed E-state index contributed by atoms with van der Waals surface area (Å²) in [5, 5.41) is 3.01. The molecule has 0 radical (unpaired) electrons. The summed E-state index contributed by atoms with van der Waals surface area (Å²) < 4.78 is 5.52. The number of anilines is 1. The molecule has 0 saturated heterocycles. The van der Waals surface area contributed by atoms with E-state index in [-0.39, 0.29) is 36.8 Å². The van der Waals surface area contributed by atoms with Crippen molar-refractivity contribution in [2.45, 2.75) is 26.4 Å². The maximum Gasteiger partial charge on any atom is 0.265 e. The molecule has 162 valence electrons. The summed E-state index contributed by atoms with van der Waals surface area (Å²) in [5.74, 6) is 0.0821. The van der Waals surface area contributed by atoms with Gasteiger partial charge in [0.25, 0.3) is 11.8 Å². The molecule has 1 aliphatic rings. The summed E-state index contributed by atoms with van der Waals surface area (Å²) in [4.78, 5) is 38.8. The molecule has 1 heterocycles. The predicted octanol–water partition coefficient (Wildman–Crippen LogP) is 4.31. The lowest BCUT2D eigenvalue weighted by Gasteiger charge is -2.30. The molecule has 1 N–H and O–H groups in total. The van der Waals surface area contributed by atoms with Gasteiger partial charge in [-0.05, 0) is 55.3 Å². The first-order valence-corrected chi connectivity index (χ1v) is 10.5. The molecular formula is C26H24N2O4. The van der Waals surface area contributed by atoms with Crippen LogP contribution < -0.4 is 15.0 Å². The van der Waals surface area contributed by atoms with Crippen molar-refractivity contribution in [3.63, 3.8) is 0 Å². The summed E-state index contributed by atoms with van der Waals surface area (Å²) >= 11 is 0. The van der Waals surface area contributed by atoms with Crippen LogP contribution in [0, 0.1) is 0 Å². The molecule has 2 amide bonds. The third-order valence-corrected chi connectivity index (χ3v) is 5.49. The fourth-order valence-electron chi connectivity index (χ4n) is 3.69. The van der Waals surface area contributed by atoms with Crippen LogP contribution in [0.25, 0.3) is 0 Å². The molecule has 0 spiro atoms. The topological polar surface area (TPSA) is 75.7 Å². The first kappa shape index (κ1) is 21.3. The van der Waals surface area contributed by atoms with Crippen LogP contribution in [0.4, 0.5) is 5.69 Å². The highest BCUT2D eigenvalue weighted by atomic mass is 16.5. The molecule has 0 saturated carbocycles. The fraction of sp³-hybridized carbons (Fsp3) is 0.192. The number of fused-ring (bicyclic) bond motifs is 1. The Morgan fingerprint density at radius 3 is 2.53 bits per heavy atom. The largest absolute Gasteiger partial charge is 0.482 e. The van der Waals surface area contributed by atoms with E-state index in [2.05, 4.69) is 5.32 Å². The number of ether oxygens (including phenoxy) is 1. The summed E-state index contributed by atoms with van der Waals surface area (Å²) in [5.41, 5.74) is 3.41. The van der Waals surface area contributed by atoms with E-state index < -0.39 is 0 Å². The predicted molar refractivity (Wildman–Crippen MR) is 122 cm³/mol. The van der Waals surface area contributed by atoms with Crippen molar-refractivity contribution in [1.29, 1.82) is 0 Å². The number of carbonyl (C=O) groups excluding carboxylic acids is 3. The standard InChI is InChI=1S/C26H24N2O4/c1-17(20-8-4-3-5-9-20)27-26(31)22-10-6-7-19(13-22)15-28-23-14-21(18(2)29)11-12-24(23)32-16-25(28)30/h3-14,17H,15-16H2,1-2H3,(H,27,31). The molecule has 0 aromatic heterocycles. The highest BCUT2D eigenvalue weighted by Gasteiger charge is 2.26. The molecule has 0 aliphatic carbocycles. The zero-order valence-corrected chi connectivity index (χ0v) is 18.0. The number of hydrogen-bond donors (Lipinski definition) is 1. The Balaban J connectivity index is 1.54. The maximum atomic E-state index is 12.8. The summed E-state index contributed by atoms with van der Waals surface area (Å²) in [6.45, 7) is 3.62. The smallest absolute Gasteiger partial charge is 0.265 e. The summed E-state index contributed by atoms with van der Waals surface area (Å²) in [6, 6.07) is 21.9. The van der Waals surface area contributed by atoms with E-state index in [1.807, 2.05) is 43.3 Å². The Morgan fingerprint density at radius 2 is 1.78 bits per heavy atom. The molecule has 0 bridgehead atoms. The second-order valence-electron chi connectivity index (χ2n) is 7.81. The monoisotopic (exact) mass is 428 g/mol. The van der Waals surface area contributed by atoms with E-state index in [0.717, 1.165) is 11.1 Å². The van der Waals surface area contributed by atoms with Gasteiger partial charge in [0, 0.05) is 11.1 Å². The van der Waals surface area contributed by atoms with Gasteiger partial charge >= 0.3 is 0 Å². The molecule has 1 unspecified atom stereocenters. The lowest BCUT2D eigenvalue weighted by molar-refractivity contribution is -0.121. The van der Waals surface area contributed by atoms with Crippen molar-refractivity contribution in [3.05, 3.63) is 95.1 Å². The molecule has 6 nitrogen and oxygen atoms in total. The van der Waals surface area contributed by atoms with Gasteiger partial charge in [-0.15, -0.1) is 0 Å². The Morgan fingerprint density at radius 1 is 1.00 bits per heavy atom. The van der Waals surface area contributed by atoms with Crippen LogP contribution >= 0.6 is 0 Å². The highest BCUT2D eigenvalue weighted by Crippen LogP contribution is 2.34. The summed E-state index contributed by atoms with van der Waals surface area (Å²) in [7, 11) is 0. The normalized spacial score (nSPS) is 13.7. The summed E-state index contributed by atoms with van der Waals surface area (Å²) in [6.07, 6.45) is 0. The van der Waals surface area contributed by atoms with Gasteiger partial charge in [-0.2, -0.15) is 0 Å². The molecule has 1 atom stereocenters. The first-order valence-electron chi connectivity index (χ1n) is 10.5. The average Bonchev–Trinajstić information content (AvgIpc) is 2.81. The van der Waals surface area contributed by atoms with Gasteiger partial charge in [0.2, 0.25) is 0 Å². The number of benzene rings is 3. The minimum Gasteiger partial charge on any atom is -0.482 e. The van der Waals surface area contributed by atoms with E-state index in [4.69, 9.17) is 4.74 Å². The zero-order chi connectivity index (χ0) is 22.7. The zero-order valence-electron chi connectivity index (χ0n) is 18.0. The minimum absolute atomic E-state index is 0.0683. The number of amides is 2. The van der Waals surface area contributed by atoms with Crippen molar-refractivity contribution < 1.29 is 19.1 Å². The van der Waals surface area contributed by atoms with Crippen LogP contribution in [0.15, 0.2) is 72.8 Å². The molecule has 3 aromatic carbocycles. The van der Waals surface area contributed by atoms with E-state index in [1.165, 1.54) is 6.92 Å². The Kier molecular flexibility index (Phi) is 6.03. The van der Waals surface area contributed by atoms with Gasteiger partial charge in [-0.25, -0.2) is 0 Å². The lowest BCUT2D eigenvalue weighted by Crippen LogP contribution is -2.38. The highest BCUT2D eigenvalue weighted by molar-refractivity contribution is 6.01. The fourth-order valence-corrected chi connectivity index (χ4v) is 3.69. The van der Waals surface area contributed by atoms with Crippen molar-refractivity contribution in [2.24, 2.45) is 0 Å². The molecular weight excluding hydrogens is 404 g/mol. The van der Waals surface area contributed by atoms with Gasteiger partial charge in [0.1, 0.15) is 5.75 Å². The Labute approximate surface area is 186 Å². The van der Waals surface area contributed by atoms with E-state index in [0.29, 0.717) is 22.6 Å². The number of ketones is 1. The van der Waals surface area contributed by atoms with Crippen molar-refractivity contribution in [3.8, 4) is 5.75 Å². The maximum absolute atomic E-state index is 12.8. The second-order valence-corrected chi connectivity index (χ2v) is 7.81. The van der Waals surface area contributed by atoms with Gasteiger partial charge < -0.3 is 15.0 Å². The van der Waals surface area contributed by atoms with Crippen LogP contribution in [0.2, 0.25) is 0 Å². The Bertz CT molecular complexity index is 1170. The van der Waals surface area contributed by atoms with Crippen LogP contribution in [0.3, 0.4) is 0 Å². The Hall–Kier alpha value is -3.93. The molecule has 1 aliphatic heterocycles. The quantitative estimate of drug-likeness (QED) is 0.594. The third kappa shape index (κ3) is 4.54. The van der Waals surface area contributed by atoms with Gasteiger partial charge in [0.05, 0.1) is 18.3 Å². The van der Waals surface area contributed by atoms with Crippen LogP contribution in [0.5, 0.6) is 5.75 Å². The van der Waals surface area contributed by atoms with E-state index in [1.54, 1.807) is 41.3 Å². The number of Topliss-reactive ketones (excluding diaryl/α,β-unsaturated/α-hetero) is 1. The SMILES string of the molecule is CC(=O)c1ccc2c(c1)N(Cc1cccc(C(=O)NC(C)c3ccccc3)c1)C(=O)CO2. The van der Waals surface area contributed by atoms with Crippen LogP contribution in [0.1, 0.15) is 51.7 Å².